The van der Waals surface area contributed by atoms with Crippen molar-refractivity contribution in [2.24, 2.45) is 11.7 Å². The van der Waals surface area contributed by atoms with Crippen LogP contribution >= 0.6 is 0 Å². The van der Waals surface area contributed by atoms with Crippen molar-refractivity contribution in [2.75, 3.05) is 0 Å². The largest absolute Gasteiger partial charge is 0.481 e. The normalized spacial score (nSPS) is 12.0. The molecule has 25 heavy (non-hydrogen) atoms. The first-order chi connectivity index (χ1) is 11.8. The minimum absolute atomic E-state index is 0.0353. The molecule has 0 aliphatic carbocycles. The third-order valence-electron chi connectivity index (χ3n) is 3.93. The topological polar surface area (TPSA) is 116 Å². The van der Waals surface area contributed by atoms with Gasteiger partial charge in [0.15, 0.2) is 0 Å². The zero-order valence-corrected chi connectivity index (χ0v) is 15.0. The maximum Gasteiger partial charge on any atom is 0.305 e. The van der Waals surface area contributed by atoms with E-state index < -0.39 is 5.97 Å². The van der Waals surface area contributed by atoms with Gasteiger partial charge in [-0.1, -0.05) is 38.1 Å². The number of carbonyl (C=O) groups is 2. The third kappa shape index (κ3) is 8.88. The molecule has 0 aromatic heterocycles. The molecule has 5 N–H and O–H groups in total. The smallest absolute Gasteiger partial charge is 0.305 e. The molecular weight excluding hydrogens is 318 g/mol. The van der Waals surface area contributed by atoms with Gasteiger partial charge in [-0.15, -0.1) is 0 Å². The van der Waals surface area contributed by atoms with E-state index in [1.165, 1.54) is 0 Å². The maximum absolute atomic E-state index is 12.0. The van der Waals surface area contributed by atoms with Crippen LogP contribution in [0.5, 0.6) is 0 Å². The summed E-state index contributed by atoms with van der Waals surface area (Å²) in [5.74, 6) is -0.582. The molecule has 0 bridgehead atoms. The molecule has 1 amide bonds. The predicted molar refractivity (Wildman–Crippen MR) is 98.7 cm³/mol. The molecule has 1 aromatic carbocycles. The number of amides is 1. The average Bonchev–Trinajstić information content (AvgIpc) is 2.50. The van der Waals surface area contributed by atoms with Crippen LogP contribution in [0.15, 0.2) is 24.3 Å². The number of hydrogen-bond acceptors (Lipinski definition) is 3. The number of benzene rings is 1. The van der Waals surface area contributed by atoms with Crippen molar-refractivity contribution in [1.29, 1.82) is 5.41 Å². The zero-order valence-electron chi connectivity index (χ0n) is 15.0. The molecule has 0 radical (unpaired) electrons. The van der Waals surface area contributed by atoms with Crippen LogP contribution < -0.4 is 11.1 Å². The molecule has 1 atom stereocenters. The van der Waals surface area contributed by atoms with Crippen LogP contribution in [0.2, 0.25) is 0 Å². The first-order valence-electron chi connectivity index (χ1n) is 8.72. The van der Waals surface area contributed by atoms with Gasteiger partial charge in [0.25, 0.3) is 0 Å². The number of aryl methyl sites for hydroxylation is 1. The number of aliphatic carboxylic acids is 1. The summed E-state index contributed by atoms with van der Waals surface area (Å²) in [6, 6.07) is 7.24. The molecule has 1 unspecified atom stereocenters. The Hall–Kier alpha value is -2.37. The van der Waals surface area contributed by atoms with E-state index in [1.54, 1.807) is 0 Å². The van der Waals surface area contributed by atoms with E-state index in [-0.39, 0.29) is 24.2 Å². The Kier molecular flexibility index (Phi) is 8.67. The van der Waals surface area contributed by atoms with Gasteiger partial charge in [-0.3, -0.25) is 15.0 Å². The molecule has 1 aromatic rings. The molecule has 6 heteroatoms. The Morgan fingerprint density at radius 3 is 2.36 bits per heavy atom. The first kappa shape index (κ1) is 20.7. The quantitative estimate of drug-likeness (QED) is 0.280. The van der Waals surface area contributed by atoms with Crippen molar-refractivity contribution < 1.29 is 14.7 Å². The van der Waals surface area contributed by atoms with E-state index in [1.807, 2.05) is 38.1 Å². The van der Waals surface area contributed by atoms with Gasteiger partial charge in [0.2, 0.25) is 5.91 Å². The van der Waals surface area contributed by atoms with Crippen molar-refractivity contribution in [3.05, 3.63) is 35.4 Å². The van der Waals surface area contributed by atoms with Crippen LogP contribution in [0, 0.1) is 11.3 Å². The molecule has 138 valence electrons. The highest BCUT2D eigenvalue weighted by atomic mass is 16.4. The fourth-order valence-corrected chi connectivity index (χ4v) is 2.74. The Morgan fingerprint density at radius 2 is 1.84 bits per heavy atom. The number of carboxylic acid groups (broad SMARTS) is 1. The van der Waals surface area contributed by atoms with E-state index in [0.29, 0.717) is 24.3 Å². The van der Waals surface area contributed by atoms with Gasteiger partial charge in [0, 0.05) is 18.0 Å². The van der Waals surface area contributed by atoms with Crippen molar-refractivity contribution >= 4 is 17.7 Å². The predicted octanol–water partition coefficient (Wildman–Crippen LogP) is 2.69. The Bertz CT molecular complexity index is 582. The van der Waals surface area contributed by atoms with E-state index in [2.05, 4.69) is 5.32 Å². The third-order valence-corrected chi connectivity index (χ3v) is 3.93. The molecule has 0 heterocycles. The van der Waals surface area contributed by atoms with Gasteiger partial charge < -0.3 is 16.2 Å². The van der Waals surface area contributed by atoms with Crippen molar-refractivity contribution in [1.82, 2.24) is 5.32 Å². The number of hydrogen-bond donors (Lipinski definition) is 4. The number of nitrogens with two attached hydrogens (primary N) is 1. The number of carbonyl (C=O) groups excluding carboxylic acids is 1. The van der Waals surface area contributed by atoms with Crippen molar-refractivity contribution in [2.45, 2.75) is 58.4 Å². The van der Waals surface area contributed by atoms with Gasteiger partial charge in [-0.2, -0.15) is 0 Å². The van der Waals surface area contributed by atoms with Gasteiger partial charge in [0.1, 0.15) is 5.84 Å². The molecule has 0 saturated carbocycles. The molecule has 0 spiro atoms. The second kappa shape index (κ2) is 10.5. The lowest BCUT2D eigenvalue weighted by molar-refractivity contribution is -0.137. The average molecular weight is 347 g/mol. The van der Waals surface area contributed by atoms with Crippen LogP contribution in [-0.4, -0.2) is 28.9 Å². The van der Waals surface area contributed by atoms with Crippen LogP contribution in [0.1, 0.15) is 57.1 Å². The van der Waals surface area contributed by atoms with E-state index in [0.717, 1.165) is 24.8 Å². The van der Waals surface area contributed by atoms with Crippen molar-refractivity contribution in [3.8, 4) is 0 Å². The van der Waals surface area contributed by atoms with Gasteiger partial charge in [-0.25, -0.2) is 0 Å². The summed E-state index contributed by atoms with van der Waals surface area (Å²) in [5.41, 5.74) is 7.27. The number of carboxylic acids is 1. The van der Waals surface area contributed by atoms with Gasteiger partial charge >= 0.3 is 5.97 Å². The summed E-state index contributed by atoms with van der Waals surface area (Å²) in [7, 11) is 0. The standard InChI is InChI=1S/C19H29N3O3/c1-13(2)11-16(12-18(24)25)22-17(23)6-4-3-5-14-7-9-15(10-8-14)19(20)21/h7-10,13,16H,3-6,11-12H2,1-2H3,(H3,20,21)(H,22,23)(H,24,25). The minimum Gasteiger partial charge on any atom is -0.481 e. The number of amidine groups is 1. The van der Waals surface area contributed by atoms with Crippen molar-refractivity contribution in [3.63, 3.8) is 0 Å². The summed E-state index contributed by atoms with van der Waals surface area (Å²) in [4.78, 5) is 22.9. The lowest BCUT2D eigenvalue weighted by Crippen LogP contribution is -2.37. The second-order valence-electron chi connectivity index (χ2n) is 6.81. The number of unbranched alkanes of at least 4 members (excludes halogenated alkanes) is 1. The highest BCUT2D eigenvalue weighted by Crippen LogP contribution is 2.11. The molecule has 0 aliphatic heterocycles. The highest BCUT2D eigenvalue weighted by molar-refractivity contribution is 5.94. The number of rotatable bonds is 11. The SMILES string of the molecule is CC(C)CC(CC(=O)O)NC(=O)CCCCc1ccc(C(=N)N)cc1. The van der Waals surface area contributed by atoms with Crippen LogP contribution in [0.4, 0.5) is 0 Å². The Labute approximate surface area is 149 Å². The second-order valence-corrected chi connectivity index (χ2v) is 6.81. The fourth-order valence-electron chi connectivity index (χ4n) is 2.74. The van der Waals surface area contributed by atoms with Crippen LogP contribution in [0.3, 0.4) is 0 Å². The van der Waals surface area contributed by atoms with E-state index in [4.69, 9.17) is 16.2 Å². The lowest BCUT2D eigenvalue weighted by Gasteiger charge is -2.18. The summed E-state index contributed by atoms with van der Waals surface area (Å²) >= 11 is 0. The van der Waals surface area contributed by atoms with Crippen LogP contribution in [-0.2, 0) is 16.0 Å². The molecular formula is C19H29N3O3. The van der Waals surface area contributed by atoms with E-state index in [9.17, 15) is 9.59 Å². The van der Waals surface area contributed by atoms with Gasteiger partial charge in [-0.05, 0) is 37.2 Å². The monoisotopic (exact) mass is 347 g/mol. The number of nitrogens with one attached hydrogen (secondary N) is 2. The fraction of sp³-hybridized carbons (Fsp3) is 0.526. The molecule has 6 nitrogen and oxygen atoms in total. The summed E-state index contributed by atoms with van der Waals surface area (Å²) in [5, 5.41) is 19.1. The summed E-state index contributed by atoms with van der Waals surface area (Å²) < 4.78 is 0. The zero-order chi connectivity index (χ0) is 18.8. The maximum atomic E-state index is 12.0. The summed E-state index contributed by atoms with van der Waals surface area (Å²) in [6.07, 6.45) is 3.52. The molecule has 0 saturated heterocycles. The Morgan fingerprint density at radius 1 is 1.20 bits per heavy atom. The Balaban J connectivity index is 2.32. The minimum atomic E-state index is -0.889. The van der Waals surface area contributed by atoms with Gasteiger partial charge in [0.05, 0.1) is 6.42 Å². The first-order valence-corrected chi connectivity index (χ1v) is 8.72. The number of nitrogen functional groups attached to an aromatic ring is 1. The molecule has 0 fully saturated rings. The summed E-state index contributed by atoms with van der Waals surface area (Å²) in [6.45, 7) is 4.02. The lowest BCUT2D eigenvalue weighted by atomic mass is 10.0. The van der Waals surface area contributed by atoms with E-state index >= 15 is 0 Å². The molecule has 0 aliphatic rings. The highest BCUT2D eigenvalue weighted by Gasteiger charge is 2.17. The van der Waals surface area contributed by atoms with Crippen LogP contribution in [0.25, 0.3) is 0 Å². The molecule has 1 rings (SSSR count).